The number of carbonyl (C=O) groups excluding carboxylic acids is 1. The molecule has 2 saturated carbocycles. The molecule has 2 rings (SSSR count). The maximum absolute atomic E-state index is 10.9. The summed E-state index contributed by atoms with van der Waals surface area (Å²) in [4.78, 5) is 10.9. The van der Waals surface area contributed by atoms with Crippen LogP contribution in [-0.2, 0) is 9.53 Å². The highest BCUT2D eigenvalue weighted by Gasteiger charge is 2.37. The fourth-order valence-electron chi connectivity index (χ4n) is 3.05. The van der Waals surface area contributed by atoms with E-state index in [1.54, 1.807) is 0 Å². The van der Waals surface area contributed by atoms with Gasteiger partial charge in [0.1, 0.15) is 0 Å². The summed E-state index contributed by atoms with van der Waals surface area (Å²) in [6, 6.07) is 0. The van der Waals surface area contributed by atoms with E-state index in [9.17, 15) is 4.79 Å². The van der Waals surface area contributed by atoms with Crippen molar-refractivity contribution in [1.29, 1.82) is 0 Å². The molecule has 2 nitrogen and oxygen atoms in total. The summed E-state index contributed by atoms with van der Waals surface area (Å²) in [7, 11) is 0. The van der Waals surface area contributed by atoms with Crippen molar-refractivity contribution < 1.29 is 9.53 Å². The molecule has 0 amide bonds. The zero-order valence-electron chi connectivity index (χ0n) is 8.58. The first kappa shape index (κ1) is 9.75. The predicted molar refractivity (Wildman–Crippen MR) is 54.7 cm³/mol. The van der Waals surface area contributed by atoms with Gasteiger partial charge in [-0.15, -0.1) is 0 Å². The summed E-state index contributed by atoms with van der Waals surface area (Å²) in [6.07, 6.45) is 8.00. The number of carbonyl (C=O) groups is 1. The molecule has 0 aliphatic heterocycles. The summed E-state index contributed by atoms with van der Waals surface area (Å²) >= 11 is 0. The Bertz CT molecular complexity index is 234. The van der Waals surface area contributed by atoms with E-state index in [0.29, 0.717) is 12.5 Å². The fourth-order valence-corrected chi connectivity index (χ4v) is 3.05. The highest BCUT2D eigenvalue weighted by molar-refractivity contribution is 5.81. The molecule has 0 N–H and O–H groups in total. The van der Waals surface area contributed by atoms with Crippen LogP contribution in [0, 0.1) is 17.8 Å². The largest absolute Gasteiger partial charge is 0.462 e. The molecule has 2 aliphatic carbocycles. The number of hydrogen-bond acceptors (Lipinski definition) is 2. The van der Waals surface area contributed by atoms with Gasteiger partial charge >= 0.3 is 5.97 Å². The molecule has 2 aliphatic rings. The van der Waals surface area contributed by atoms with Crippen molar-refractivity contribution in [2.75, 3.05) is 6.61 Å². The smallest absolute Gasteiger partial charge is 0.330 e. The van der Waals surface area contributed by atoms with E-state index in [0.717, 1.165) is 11.8 Å². The topological polar surface area (TPSA) is 26.3 Å². The third kappa shape index (κ3) is 1.99. The first-order chi connectivity index (χ1) is 6.79. The molecule has 0 spiro atoms. The van der Waals surface area contributed by atoms with Crippen molar-refractivity contribution in [2.45, 2.75) is 32.1 Å². The molecular formula is C12H18O2. The van der Waals surface area contributed by atoms with Crippen molar-refractivity contribution in [3.05, 3.63) is 12.7 Å². The van der Waals surface area contributed by atoms with E-state index in [1.807, 2.05) is 0 Å². The van der Waals surface area contributed by atoms with Gasteiger partial charge in [0.2, 0.25) is 0 Å². The monoisotopic (exact) mass is 194 g/mol. The minimum Gasteiger partial charge on any atom is -0.462 e. The van der Waals surface area contributed by atoms with Crippen molar-refractivity contribution in [3.63, 3.8) is 0 Å². The Balaban J connectivity index is 1.81. The van der Waals surface area contributed by atoms with E-state index >= 15 is 0 Å². The summed E-state index contributed by atoms with van der Waals surface area (Å²) < 4.78 is 5.13. The van der Waals surface area contributed by atoms with Crippen molar-refractivity contribution in [1.82, 2.24) is 0 Å². The van der Waals surface area contributed by atoms with Gasteiger partial charge in [-0.3, -0.25) is 0 Å². The van der Waals surface area contributed by atoms with Crippen LogP contribution in [-0.4, -0.2) is 12.6 Å². The van der Waals surface area contributed by atoms with Gasteiger partial charge < -0.3 is 4.74 Å². The van der Waals surface area contributed by atoms with Crippen LogP contribution in [0.3, 0.4) is 0 Å². The van der Waals surface area contributed by atoms with Gasteiger partial charge in [0.05, 0.1) is 6.61 Å². The van der Waals surface area contributed by atoms with Gasteiger partial charge in [0.25, 0.3) is 0 Å². The lowest BCUT2D eigenvalue weighted by atomic mass is 9.87. The predicted octanol–water partition coefficient (Wildman–Crippen LogP) is 2.54. The highest BCUT2D eigenvalue weighted by Crippen LogP contribution is 2.45. The second-order valence-corrected chi connectivity index (χ2v) is 4.62. The van der Waals surface area contributed by atoms with Crippen LogP contribution < -0.4 is 0 Å². The first-order valence-corrected chi connectivity index (χ1v) is 5.58. The molecule has 0 aromatic carbocycles. The van der Waals surface area contributed by atoms with E-state index in [-0.39, 0.29) is 5.97 Å². The maximum atomic E-state index is 10.9. The molecule has 2 fully saturated rings. The molecule has 0 aromatic rings. The average Bonchev–Trinajstić information content (AvgIpc) is 2.50. The maximum Gasteiger partial charge on any atom is 0.330 e. The molecule has 3 unspecified atom stereocenters. The van der Waals surface area contributed by atoms with Crippen molar-refractivity contribution >= 4 is 5.97 Å². The fraction of sp³-hybridized carbons (Fsp3) is 0.750. The molecule has 0 saturated heterocycles. The number of esters is 1. The molecular weight excluding hydrogens is 176 g/mol. The molecule has 3 atom stereocenters. The standard InChI is InChI=1S/C12H18O2/c1-2-12(13)14-8-11-7-9-4-3-5-10(11)6-9/h2,9-11H,1,3-8H2. The Morgan fingerprint density at radius 1 is 1.43 bits per heavy atom. The SMILES string of the molecule is C=CC(=O)OCC1CC2CCCC1C2. The van der Waals surface area contributed by atoms with E-state index in [1.165, 1.54) is 38.2 Å². The number of rotatable bonds is 3. The molecule has 0 radical (unpaired) electrons. The summed E-state index contributed by atoms with van der Waals surface area (Å²) in [5.74, 6) is 2.10. The second-order valence-electron chi connectivity index (χ2n) is 4.62. The van der Waals surface area contributed by atoms with Crippen LogP contribution in [0.15, 0.2) is 12.7 Å². The van der Waals surface area contributed by atoms with Gasteiger partial charge in [-0.25, -0.2) is 4.79 Å². The summed E-state index contributed by atoms with van der Waals surface area (Å²) in [5, 5.41) is 0. The lowest BCUT2D eigenvalue weighted by molar-refractivity contribution is -0.139. The van der Waals surface area contributed by atoms with Gasteiger partial charge in [-0.2, -0.15) is 0 Å². The van der Waals surface area contributed by atoms with Crippen LogP contribution in [0.5, 0.6) is 0 Å². The third-order valence-electron chi connectivity index (χ3n) is 3.73. The molecule has 2 heteroatoms. The van der Waals surface area contributed by atoms with Gasteiger partial charge in [-0.1, -0.05) is 25.8 Å². The Hall–Kier alpha value is -0.790. The van der Waals surface area contributed by atoms with Crippen LogP contribution in [0.25, 0.3) is 0 Å². The lowest BCUT2D eigenvalue weighted by Crippen LogP contribution is -2.16. The number of ether oxygens (including phenoxy) is 1. The van der Waals surface area contributed by atoms with E-state index in [4.69, 9.17) is 4.74 Å². The molecule has 14 heavy (non-hydrogen) atoms. The Morgan fingerprint density at radius 3 is 3.00 bits per heavy atom. The number of hydrogen-bond donors (Lipinski definition) is 0. The number of fused-ring (bicyclic) bond motifs is 2. The van der Waals surface area contributed by atoms with Crippen LogP contribution in [0.4, 0.5) is 0 Å². The Morgan fingerprint density at radius 2 is 2.29 bits per heavy atom. The molecule has 78 valence electrons. The van der Waals surface area contributed by atoms with Crippen molar-refractivity contribution in [2.24, 2.45) is 17.8 Å². The summed E-state index contributed by atoms with van der Waals surface area (Å²) in [6.45, 7) is 4.01. The zero-order chi connectivity index (χ0) is 9.97. The minimum atomic E-state index is -0.272. The van der Waals surface area contributed by atoms with E-state index in [2.05, 4.69) is 6.58 Å². The average molecular weight is 194 g/mol. The Kier molecular flexibility index (Phi) is 2.90. The first-order valence-electron chi connectivity index (χ1n) is 5.58. The van der Waals surface area contributed by atoms with Crippen molar-refractivity contribution in [3.8, 4) is 0 Å². The van der Waals surface area contributed by atoms with Crippen LogP contribution in [0.1, 0.15) is 32.1 Å². The van der Waals surface area contributed by atoms with E-state index < -0.39 is 0 Å². The van der Waals surface area contributed by atoms with Gasteiger partial charge in [-0.05, 0) is 30.6 Å². The Labute approximate surface area is 85.3 Å². The third-order valence-corrected chi connectivity index (χ3v) is 3.73. The molecule has 0 heterocycles. The molecule has 2 bridgehead atoms. The molecule has 0 aromatic heterocycles. The highest BCUT2D eigenvalue weighted by atomic mass is 16.5. The quantitative estimate of drug-likeness (QED) is 0.510. The van der Waals surface area contributed by atoms with Gasteiger partial charge in [0.15, 0.2) is 0 Å². The minimum absolute atomic E-state index is 0.272. The normalized spacial score (nSPS) is 35.3. The second kappa shape index (κ2) is 4.16. The van der Waals surface area contributed by atoms with Crippen LogP contribution >= 0.6 is 0 Å². The lowest BCUT2D eigenvalue weighted by Gasteiger charge is -2.20. The summed E-state index contributed by atoms with van der Waals surface area (Å²) in [5.41, 5.74) is 0. The van der Waals surface area contributed by atoms with Crippen LogP contribution in [0.2, 0.25) is 0 Å². The zero-order valence-corrected chi connectivity index (χ0v) is 8.58. The van der Waals surface area contributed by atoms with Gasteiger partial charge in [0, 0.05) is 6.08 Å².